The Morgan fingerprint density at radius 2 is 1.18 bits per heavy atom. The molecule has 0 spiro atoms. The van der Waals surface area contributed by atoms with Crippen molar-refractivity contribution in [3.8, 4) is 0 Å². The van der Waals surface area contributed by atoms with Gasteiger partial charge in [0.1, 0.15) is 6.61 Å². The molecule has 0 aromatic rings. The number of aliphatic hydroxyl groups excluding tert-OH is 2. The fourth-order valence-electron chi connectivity index (χ4n) is 4.39. The fourth-order valence-corrected chi connectivity index (χ4v) is 4.39. The monoisotopic (exact) mass is 483 g/mol. The molecular weight excluding hydrogens is 430 g/mol. The SMILES string of the molecule is CCCCCCCCC=CCCCCCCCC(=O)OCCN1CN(CCO)CN(CCO)C1. The molecule has 0 aromatic carbocycles. The molecule has 0 amide bonds. The Morgan fingerprint density at radius 1 is 0.706 bits per heavy atom. The number of allylic oxidation sites excluding steroid dienone is 2. The fraction of sp³-hybridized carbons (Fsp3) is 0.889. The Kier molecular flexibility index (Phi) is 20.5. The molecule has 0 aromatic heterocycles. The summed E-state index contributed by atoms with van der Waals surface area (Å²) in [5.74, 6) is -0.103. The van der Waals surface area contributed by atoms with E-state index in [-0.39, 0.29) is 19.2 Å². The summed E-state index contributed by atoms with van der Waals surface area (Å²) in [7, 11) is 0. The lowest BCUT2D eigenvalue weighted by Crippen LogP contribution is -2.56. The molecule has 0 bridgehead atoms. The molecule has 2 N–H and O–H groups in total. The largest absolute Gasteiger partial charge is 0.464 e. The first-order chi connectivity index (χ1) is 16.7. The maximum absolute atomic E-state index is 12.0. The first kappa shape index (κ1) is 31.0. The van der Waals surface area contributed by atoms with Gasteiger partial charge in [-0.05, 0) is 32.1 Å². The van der Waals surface area contributed by atoms with Crippen LogP contribution in [0.15, 0.2) is 12.2 Å². The molecule has 1 heterocycles. The predicted octanol–water partition coefficient (Wildman–Crippen LogP) is 4.34. The van der Waals surface area contributed by atoms with E-state index >= 15 is 0 Å². The summed E-state index contributed by atoms with van der Waals surface area (Å²) >= 11 is 0. The Hall–Kier alpha value is -0.990. The lowest BCUT2D eigenvalue weighted by Gasteiger charge is -2.41. The number of carbonyl (C=O) groups is 1. The zero-order chi connectivity index (χ0) is 24.7. The summed E-state index contributed by atoms with van der Waals surface area (Å²) in [6.07, 6.45) is 21.5. The summed E-state index contributed by atoms with van der Waals surface area (Å²) < 4.78 is 5.43. The molecule has 0 radical (unpaired) electrons. The topological polar surface area (TPSA) is 76.5 Å². The molecule has 1 aliphatic rings. The number of esters is 1. The zero-order valence-electron chi connectivity index (χ0n) is 22.0. The number of hydrogen-bond acceptors (Lipinski definition) is 7. The maximum Gasteiger partial charge on any atom is 0.305 e. The van der Waals surface area contributed by atoms with Gasteiger partial charge in [-0.15, -0.1) is 0 Å². The summed E-state index contributed by atoms with van der Waals surface area (Å²) in [5, 5.41) is 18.4. The van der Waals surface area contributed by atoms with Gasteiger partial charge in [0.05, 0.1) is 33.2 Å². The minimum Gasteiger partial charge on any atom is -0.464 e. The van der Waals surface area contributed by atoms with Gasteiger partial charge in [-0.1, -0.05) is 70.4 Å². The van der Waals surface area contributed by atoms with Crippen molar-refractivity contribution in [1.29, 1.82) is 0 Å². The molecule has 0 saturated carbocycles. The van der Waals surface area contributed by atoms with Crippen molar-refractivity contribution < 1.29 is 19.7 Å². The summed E-state index contributed by atoms with van der Waals surface area (Å²) in [4.78, 5) is 18.5. The third kappa shape index (κ3) is 17.4. The minimum atomic E-state index is -0.103. The molecule has 200 valence electrons. The van der Waals surface area contributed by atoms with Gasteiger partial charge in [0, 0.05) is 26.1 Å². The van der Waals surface area contributed by atoms with Gasteiger partial charge in [-0.25, -0.2) is 0 Å². The van der Waals surface area contributed by atoms with Crippen molar-refractivity contribution in [2.24, 2.45) is 0 Å². The van der Waals surface area contributed by atoms with E-state index in [2.05, 4.69) is 33.8 Å². The number of β-amino-alcohol motifs (C(OH)–C–C–N with tert-alkyl or cyclic N) is 2. The average molecular weight is 484 g/mol. The van der Waals surface area contributed by atoms with Crippen LogP contribution in [0, 0.1) is 0 Å². The average Bonchev–Trinajstić information content (AvgIpc) is 2.82. The second-order valence-corrected chi connectivity index (χ2v) is 9.61. The van der Waals surface area contributed by atoms with E-state index in [0.29, 0.717) is 32.7 Å². The second kappa shape index (κ2) is 22.5. The summed E-state index contributed by atoms with van der Waals surface area (Å²) in [5.41, 5.74) is 0. The Morgan fingerprint density at radius 3 is 1.71 bits per heavy atom. The molecule has 0 aliphatic carbocycles. The van der Waals surface area contributed by atoms with E-state index in [4.69, 9.17) is 4.74 Å². The number of rotatable bonds is 22. The van der Waals surface area contributed by atoms with Crippen molar-refractivity contribution in [3.05, 3.63) is 12.2 Å². The highest BCUT2D eigenvalue weighted by atomic mass is 16.5. The third-order valence-electron chi connectivity index (χ3n) is 6.35. The summed E-state index contributed by atoms with van der Waals surface area (Å²) in [6, 6.07) is 0. The van der Waals surface area contributed by atoms with Gasteiger partial charge < -0.3 is 14.9 Å². The van der Waals surface area contributed by atoms with Crippen LogP contribution in [0.1, 0.15) is 96.8 Å². The molecule has 1 rings (SSSR count). The second-order valence-electron chi connectivity index (χ2n) is 9.61. The van der Waals surface area contributed by atoms with Crippen molar-refractivity contribution in [2.75, 3.05) is 59.5 Å². The summed E-state index contributed by atoms with van der Waals surface area (Å²) in [6.45, 7) is 7.00. The van der Waals surface area contributed by atoms with Crippen LogP contribution in [-0.2, 0) is 9.53 Å². The Balaban J connectivity index is 1.94. The van der Waals surface area contributed by atoms with Crippen LogP contribution in [-0.4, -0.2) is 90.3 Å². The highest BCUT2D eigenvalue weighted by Gasteiger charge is 2.22. The molecular formula is C27H53N3O4. The van der Waals surface area contributed by atoms with Gasteiger partial charge in [0.25, 0.3) is 0 Å². The van der Waals surface area contributed by atoms with Crippen LogP contribution in [0.4, 0.5) is 0 Å². The van der Waals surface area contributed by atoms with Gasteiger partial charge in [-0.2, -0.15) is 0 Å². The molecule has 0 atom stereocenters. The maximum atomic E-state index is 12.0. The predicted molar refractivity (Wildman–Crippen MR) is 139 cm³/mol. The van der Waals surface area contributed by atoms with E-state index in [1.807, 2.05) is 0 Å². The number of hydrogen-bond donors (Lipinski definition) is 2. The lowest BCUT2D eigenvalue weighted by molar-refractivity contribution is -0.145. The normalized spacial score (nSPS) is 16.0. The van der Waals surface area contributed by atoms with E-state index in [0.717, 1.165) is 32.8 Å². The lowest BCUT2D eigenvalue weighted by atomic mass is 10.1. The third-order valence-corrected chi connectivity index (χ3v) is 6.35. The highest BCUT2D eigenvalue weighted by Crippen LogP contribution is 2.11. The van der Waals surface area contributed by atoms with Crippen LogP contribution in [0.3, 0.4) is 0 Å². The minimum absolute atomic E-state index is 0.103. The first-order valence-electron chi connectivity index (χ1n) is 13.9. The van der Waals surface area contributed by atoms with Crippen molar-refractivity contribution >= 4 is 5.97 Å². The van der Waals surface area contributed by atoms with E-state index < -0.39 is 0 Å². The van der Waals surface area contributed by atoms with Crippen LogP contribution in [0.25, 0.3) is 0 Å². The van der Waals surface area contributed by atoms with Crippen LogP contribution in [0.5, 0.6) is 0 Å². The van der Waals surface area contributed by atoms with Crippen LogP contribution < -0.4 is 0 Å². The Labute approximate surface area is 209 Å². The number of nitrogens with zero attached hydrogens (tertiary/aromatic N) is 3. The van der Waals surface area contributed by atoms with Crippen molar-refractivity contribution in [1.82, 2.24) is 14.7 Å². The quantitative estimate of drug-likeness (QED) is 0.135. The number of ether oxygens (including phenoxy) is 1. The Bertz CT molecular complexity index is 490. The van der Waals surface area contributed by atoms with Crippen molar-refractivity contribution in [3.63, 3.8) is 0 Å². The number of unbranched alkanes of at least 4 members (excludes halogenated alkanes) is 11. The van der Waals surface area contributed by atoms with Crippen LogP contribution >= 0.6 is 0 Å². The van der Waals surface area contributed by atoms with Crippen molar-refractivity contribution in [2.45, 2.75) is 96.8 Å². The molecule has 1 fully saturated rings. The van der Waals surface area contributed by atoms with Gasteiger partial charge >= 0.3 is 5.97 Å². The van der Waals surface area contributed by atoms with Gasteiger partial charge in [0.15, 0.2) is 0 Å². The molecule has 34 heavy (non-hydrogen) atoms. The van der Waals surface area contributed by atoms with Crippen LogP contribution in [0.2, 0.25) is 0 Å². The van der Waals surface area contributed by atoms with E-state index in [1.165, 1.54) is 70.6 Å². The smallest absolute Gasteiger partial charge is 0.305 e. The molecule has 7 nitrogen and oxygen atoms in total. The first-order valence-corrected chi connectivity index (χ1v) is 13.9. The number of carbonyl (C=O) groups excluding carboxylic acids is 1. The van der Waals surface area contributed by atoms with Gasteiger partial charge in [-0.3, -0.25) is 19.5 Å². The van der Waals surface area contributed by atoms with Gasteiger partial charge in [0.2, 0.25) is 0 Å². The highest BCUT2D eigenvalue weighted by molar-refractivity contribution is 5.69. The van der Waals surface area contributed by atoms with E-state index in [9.17, 15) is 15.0 Å². The molecule has 7 heteroatoms. The number of aliphatic hydroxyl groups is 2. The zero-order valence-corrected chi connectivity index (χ0v) is 22.0. The molecule has 0 unspecified atom stereocenters. The molecule has 1 saturated heterocycles. The standard InChI is InChI=1S/C27H53N3O4/c1-2-3-4-5-6-7-8-9-10-11-12-13-14-15-16-17-27(33)34-23-20-30-25-28(18-21-31)24-29(26-30)19-22-32/h9-10,31-32H,2-8,11-26H2,1H3. The van der Waals surface area contributed by atoms with E-state index in [1.54, 1.807) is 0 Å². The molecule has 1 aliphatic heterocycles.